The first-order chi connectivity index (χ1) is 8.15. The minimum atomic E-state index is -0.342. The summed E-state index contributed by atoms with van der Waals surface area (Å²) in [6.07, 6.45) is 1.46. The Bertz CT molecular complexity index is 527. The highest BCUT2D eigenvalue weighted by atomic mass is 16.5. The third kappa shape index (κ3) is 2.97. The average molecular weight is 230 g/mol. The zero-order valence-corrected chi connectivity index (χ0v) is 9.90. The van der Waals surface area contributed by atoms with E-state index in [9.17, 15) is 4.79 Å². The zero-order chi connectivity index (χ0) is 12.3. The molecule has 17 heavy (non-hydrogen) atoms. The van der Waals surface area contributed by atoms with E-state index in [-0.39, 0.29) is 12.6 Å². The van der Waals surface area contributed by atoms with Gasteiger partial charge in [0.25, 0.3) is 0 Å². The molecule has 0 bridgehead atoms. The maximum atomic E-state index is 11.3. The average Bonchev–Trinajstić information content (AvgIpc) is 2.68. The number of hydrogen-bond donors (Lipinski definition) is 0. The van der Waals surface area contributed by atoms with Crippen molar-refractivity contribution in [2.45, 2.75) is 20.5 Å². The molecule has 0 atom stereocenters. The van der Waals surface area contributed by atoms with E-state index in [1.807, 2.05) is 44.2 Å². The molecule has 0 saturated carbocycles. The molecule has 0 unspecified atom stereocenters. The number of para-hydroxylation sites is 1. The molecule has 2 rings (SSSR count). The second-order valence-corrected chi connectivity index (χ2v) is 4.08. The molecule has 3 nitrogen and oxygen atoms in total. The number of esters is 1. The van der Waals surface area contributed by atoms with Crippen LogP contribution in [0.3, 0.4) is 0 Å². The molecule has 0 radical (unpaired) electrons. The van der Waals surface area contributed by atoms with Crippen molar-refractivity contribution in [2.24, 2.45) is 0 Å². The zero-order valence-electron chi connectivity index (χ0n) is 9.90. The minimum absolute atomic E-state index is 0.164. The standard InChI is InChI=1S/C14H14O3/c1-10(2)7-14(15)16-9-12-8-11-5-3-4-6-13(11)17-12/h3-8H,9H2,1-2H3. The normalized spacial score (nSPS) is 10.2. The Labute approximate surface area is 99.7 Å². The van der Waals surface area contributed by atoms with Gasteiger partial charge in [-0.2, -0.15) is 0 Å². The SMILES string of the molecule is CC(C)=CC(=O)OCc1cc2ccccc2o1. The fraction of sp³-hybridized carbons (Fsp3) is 0.214. The Balaban J connectivity index is 2.04. The van der Waals surface area contributed by atoms with Crippen LogP contribution in [0.1, 0.15) is 19.6 Å². The molecule has 2 aromatic rings. The number of allylic oxidation sites excluding steroid dienone is 1. The van der Waals surface area contributed by atoms with Crippen molar-refractivity contribution >= 4 is 16.9 Å². The smallest absolute Gasteiger partial charge is 0.331 e. The van der Waals surface area contributed by atoms with Gasteiger partial charge in [-0.15, -0.1) is 0 Å². The van der Waals surface area contributed by atoms with E-state index in [0.29, 0.717) is 5.76 Å². The number of furan rings is 1. The number of hydrogen-bond acceptors (Lipinski definition) is 3. The van der Waals surface area contributed by atoms with Gasteiger partial charge in [0.05, 0.1) is 0 Å². The van der Waals surface area contributed by atoms with Crippen LogP contribution >= 0.6 is 0 Å². The van der Waals surface area contributed by atoms with Crippen molar-refractivity contribution in [1.82, 2.24) is 0 Å². The van der Waals surface area contributed by atoms with Gasteiger partial charge in [0.1, 0.15) is 18.0 Å². The molecular formula is C14H14O3. The van der Waals surface area contributed by atoms with Crippen LogP contribution in [0.5, 0.6) is 0 Å². The van der Waals surface area contributed by atoms with Crippen molar-refractivity contribution in [3.8, 4) is 0 Å². The molecule has 0 aliphatic heterocycles. The van der Waals surface area contributed by atoms with Gasteiger partial charge >= 0.3 is 5.97 Å². The van der Waals surface area contributed by atoms with Gasteiger partial charge in [-0.1, -0.05) is 23.8 Å². The third-order valence-electron chi connectivity index (χ3n) is 2.24. The van der Waals surface area contributed by atoms with Gasteiger partial charge < -0.3 is 9.15 Å². The molecule has 88 valence electrons. The summed E-state index contributed by atoms with van der Waals surface area (Å²) in [5.74, 6) is 0.312. The van der Waals surface area contributed by atoms with Crippen LogP contribution in [0.25, 0.3) is 11.0 Å². The molecular weight excluding hydrogens is 216 g/mol. The van der Waals surface area contributed by atoms with Crippen molar-refractivity contribution in [3.05, 3.63) is 47.7 Å². The summed E-state index contributed by atoms with van der Waals surface area (Å²) in [6.45, 7) is 3.86. The van der Waals surface area contributed by atoms with E-state index < -0.39 is 0 Å². The first kappa shape index (κ1) is 11.5. The van der Waals surface area contributed by atoms with Crippen molar-refractivity contribution < 1.29 is 13.9 Å². The molecule has 0 aliphatic rings. The molecule has 0 saturated heterocycles. The van der Waals surface area contributed by atoms with Gasteiger partial charge in [-0.3, -0.25) is 0 Å². The summed E-state index contributed by atoms with van der Waals surface area (Å²) >= 11 is 0. The topological polar surface area (TPSA) is 39.4 Å². The number of benzene rings is 1. The molecule has 0 N–H and O–H groups in total. The number of ether oxygens (including phenoxy) is 1. The molecule has 0 aliphatic carbocycles. The van der Waals surface area contributed by atoms with E-state index in [1.165, 1.54) is 6.08 Å². The van der Waals surface area contributed by atoms with Crippen LogP contribution in [-0.4, -0.2) is 5.97 Å². The molecule has 1 aromatic heterocycles. The highest BCUT2D eigenvalue weighted by Gasteiger charge is 2.05. The van der Waals surface area contributed by atoms with Crippen molar-refractivity contribution in [1.29, 1.82) is 0 Å². The second kappa shape index (κ2) is 4.87. The lowest BCUT2D eigenvalue weighted by molar-refractivity contribution is -0.139. The van der Waals surface area contributed by atoms with Gasteiger partial charge in [0, 0.05) is 11.5 Å². The lowest BCUT2D eigenvalue weighted by atomic mass is 10.2. The first-order valence-corrected chi connectivity index (χ1v) is 5.44. The molecule has 1 heterocycles. The predicted octanol–water partition coefficient (Wildman–Crippen LogP) is 3.44. The molecule has 0 amide bonds. The van der Waals surface area contributed by atoms with Crippen LogP contribution in [0.15, 0.2) is 46.4 Å². The quantitative estimate of drug-likeness (QED) is 0.599. The Morgan fingerprint density at radius 1 is 1.35 bits per heavy atom. The van der Waals surface area contributed by atoms with Gasteiger partial charge in [0.2, 0.25) is 0 Å². The number of carbonyl (C=O) groups excluding carboxylic acids is 1. The first-order valence-electron chi connectivity index (χ1n) is 5.44. The summed E-state index contributed by atoms with van der Waals surface area (Å²) in [7, 11) is 0. The summed E-state index contributed by atoms with van der Waals surface area (Å²) in [6, 6.07) is 9.57. The van der Waals surface area contributed by atoms with Crippen LogP contribution in [0, 0.1) is 0 Å². The highest BCUT2D eigenvalue weighted by Crippen LogP contribution is 2.19. The van der Waals surface area contributed by atoms with Crippen LogP contribution < -0.4 is 0 Å². The molecule has 0 fully saturated rings. The monoisotopic (exact) mass is 230 g/mol. The van der Waals surface area contributed by atoms with Crippen LogP contribution in [-0.2, 0) is 16.1 Å². The molecule has 0 spiro atoms. The van der Waals surface area contributed by atoms with Gasteiger partial charge in [-0.25, -0.2) is 4.79 Å². The van der Waals surface area contributed by atoms with E-state index in [1.54, 1.807) is 0 Å². The second-order valence-electron chi connectivity index (χ2n) is 4.08. The summed E-state index contributed by atoms with van der Waals surface area (Å²) in [4.78, 5) is 11.3. The van der Waals surface area contributed by atoms with E-state index in [2.05, 4.69) is 0 Å². The maximum absolute atomic E-state index is 11.3. The number of rotatable bonds is 3. The summed E-state index contributed by atoms with van der Waals surface area (Å²) in [5.41, 5.74) is 1.72. The number of carbonyl (C=O) groups is 1. The minimum Gasteiger partial charge on any atom is -0.457 e. The molecule has 3 heteroatoms. The fourth-order valence-corrected chi connectivity index (χ4v) is 1.53. The van der Waals surface area contributed by atoms with Crippen LogP contribution in [0.2, 0.25) is 0 Å². The summed E-state index contributed by atoms with van der Waals surface area (Å²) in [5, 5.41) is 1.01. The van der Waals surface area contributed by atoms with Crippen molar-refractivity contribution in [2.75, 3.05) is 0 Å². The Hall–Kier alpha value is -2.03. The third-order valence-corrected chi connectivity index (χ3v) is 2.24. The predicted molar refractivity (Wildman–Crippen MR) is 65.4 cm³/mol. The van der Waals surface area contributed by atoms with Gasteiger partial charge in [-0.05, 0) is 26.0 Å². The highest BCUT2D eigenvalue weighted by molar-refractivity contribution is 5.82. The molecule has 1 aromatic carbocycles. The fourth-order valence-electron chi connectivity index (χ4n) is 1.53. The summed E-state index contributed by atoms with van der Waals surface area (Å²) < 4.78 is 10.6. The van der Waals surface area contributed by atoms with Crippen molar-refractivity contribution in [3.63, 3.8) is 0 Å². The van der Waals surface area contributed by atoms with E-state index in [0.717, 1.165) is 16.5 Å². The number of fused-ring (bicyclic) bond motifs is 1. The lowest BCUT2D eigenvalue weighted by Crippen LogP contribution is -2.00. The van der Waals surface area contributed by atoms with E-state index >= 15 is 0 Å². The lowest BCUT2D eigenvalue weighted by Gasteiger charge is -1.98. The van der Waals surface area contributed by atoms with Crippen LogP contribution in [0.4, 0.5) is 0 Å². The van der Waals surface area contributed by atoms with Gasteiger partial charge in [0.15, 0.2) is 0 Å². The maximum Gasteiger partial charge on any atom is 0.331 e. The van der Waals surface area contributed by atoms with E-state index in [4.69, 9.17) is 9.15 Å². The Morgan fingerprint density at radius 3 is 2.82 bits per heavy atom. The largest absolute Gasteiger partial charge is 0.457 e. The Kier molecular flexibility index (Phi) is 3.28. The Morgan fingerprint density at radius 2 is 2.12 bits per heavy atom.